The number of benzene rings is 4. The Morgan fingerprint density at radius 2 is 1.64 bits per heavy atom. The number of likely N-dealkylation sites (N-methyl/N-ethyl adjacent to an activating group) is 1. The van der Waals surface area contributed by atoms with Gasteiger partial charge in [-0.25, -0.2) is 4.39 Å². The lowest BCUT2D eigenvalue weighted by Gasteiger charge is -2.31. The van der Waals surface area contributed by atoms with E-state index in [1.807, 2.05) is 66.7 Å². The van der Waals surface area contributed by atoms with Crippen molar-refractivity contribution < 1.29 is 18.8 Å². The summed E-state index contributed by atoms with van der Waals surface area (Å²) in [6.45, 7) is 0.319. The standard InChI is InChI=1S/C32H30FN3O3/c1-34-31(38)28(20-22-10-3-2-4-11-22)36(21-24-12-5-6-16-26(24)33)29(37)18-9-19-35-27-17-8-14-23-13-7-15-25(30(23)27)32(35)39/h2-8,10-17,28H,9,18-21H2,1H3,(H,34,38). The van der Waals surface area contributed by atoms with E-state index >= 15 is 0 Å². The molecule has 0 bridgehead atoms. The smallest absolute Gasteiger partial charge is 0.258 e. The first-order valence-corrected chi connectivity index (χ1v) is 13.1. The van der Waals surface area contributed by atoms with Gasteiger partial charge >= 0.3 is 0 Å². The van der Waals surface area contributed by atoms with Gasteiger partial charge < -0.3 is 15.1 Å². The van der Waals surface area contributed by atoms with Gasteiger partial charge in [0.15, 0.2) is 0 Å². The first-order chi connectivity index (χ1) is 19.0. The SMILES string of the molecule is CNC(=O)C(Cc1ccccc1)N(Cc1ccccc1F)C(=O)CCCN1C(=O)c2cccc3cccc1c23. The summed E-state index contributed by atoms with van der Waals surface area (Å²) in [5.41, 5.74) is 2.74. The summed E-state index contributed by atoms with van der Waals surface area (Å²) in [4.78, 5) is 43.1. The number of amides is 3. The Balaban J connectivity index is 1.36. The second kappa shape index (κ2) is 11.5. The molecule has 0 aliphatic carbocycles. The second-order valence-electron chi connectivity index (χ2n) is 9.67. The lowest BCUT2D eigenvalue weighted by molar-refractivity contribution is -0.141. The van der Waals surface area contributed by atoms with Crippen molar-refractivity contribution in [3.05, 3.63) is 114 Å². The van der Waals surface area contributed by atoms with E-state index in [0.29, 0.717) is 30.5 Å². The van der Waals surface area contributed by atoms with Gasteiger partial charge in [0.2, 0.25) is 11.8 Å². The summed E-state index contributed by atoms with van der Waals surface area (Å²) < 4.78 is 14.6. The fraction of sp³-hybridized carbons (Fsp3) is 0.219. The molecule has 3 amide bonds. The molecule has 1 unspecified atom stereocenters. The van der Waals surface area contributed by atoms with Gasteiger partial charge in [-0.1, -0.05) is 72.8 Å². The van der Waals surface area contributed by atoms with Gasteiger partial charge in [0.1, 0.15) is 11.9 Å². The molecule has 0 radical (unpaired) electrons. The third-order valence-electron chi connectivity index (χ3n) is 7.24. The van der Waals surface area contributed by atoms with Gasteiger partial charge in [0.05, 0.1) is 5.69 Å². The van der Waals surface area contributed by atoms with E-state index in [-0.39, 0.29) is 30.7 Å². The van der Waals surface area contributed by atoms with Gasteiger partial charge in [-0.15, -0.1) is 0 Å². The van der Waals surface area contributed by atoms with Crippen LogP contribution in [0.25, 0.3) is 10.8 Å². The lowest BCUT2D eigenvalue weighted by Crippen LogP contribution is -2.50. The molecular formula is C32H30FN3O3. The topological polar surface area (TPSA) is 69.7 Å². The van der Waals surface area contributed by atoms with Crippen LogP contribution in [0.5, 0.6) is 0 Å². The van der Waals surface area contributed by atoms with E-state index in [0.717, 1.165) is 22.0 Å². The molecule has 0 fully saturated rings. The maximum absolute atomic E-state index is 14.6. The summed E-state index contributed by atoms with van der Waals surface area (Å²) in [7, 11) is 1.53. The zero-order valence-corrected chi connectivity index (χ0v) is 21.8. The molecule has 39 heavy (non-hydrogen) atoms. The zero-order valence-electron chi connectivity index (χ0n) is 21.8. The molecule has 1 aliphatic heterocycles. The summed E-state index contributed by atoms with van der Waals surface area (Å²) >= 11 is 0. The average molecular weight is 524 g/mol. The molecule has 198 valence electrons. The van der Waals surface area contributed by atoms with Gasteiger partial charge in [-0.2, -0.15) is 0 Å². The van der Waals surface area contributed by atoms with E-state index in [9.17, 15) is 18.8 Å². The highest BCUT2D eigenvalue weighted by Gasteiger charge is 2.32. The molecule has 4 aromatic rings. The molecule has 1 atom stereocenters. The molecule has 7 heteroatoms. The molecule has 1 heterocycles. The van der Waals surface area contributed by atoms with Crippen LogP contribution in [-0.2, 0) is 22.6 Å². The number of nitrogens with zero attached hydrogens (tertiary/aromatic N) is 2. The number of rotatable bonds is 10. The molecule has 0 aromatic heterocycles. The summed E-state index contributed by atoms with van der Waals surface area (Å²) in [6.07, 6.45) is 0.796. The van der Waals surface area contributed by atoms with E-state index in [2.05, 4.69) is 5.32 Å². The minimum Gasteiger partial charge on any atom is -0.357 e. The van der Waals surface area contributed by atoms with Crippen LogP contribution in [0.1, 0.15) is 34.3 Å². The largest absolute Gasteiger partial charge is 0.357 e. The number of anilines is 1. The molecule has 4 aromatic carbocycles. The van der Waals surface area contributed by atoms with Gasteiger partial charge in [-0.05, 0) is 35.6 Å². The number of hydrogen-bond donors (Lipinski definition) is 1. The summed E-state index contributed by atoms with van der Waals surface area (Å²) in [6, 6.07) is 26.4. The second-order valence-corrected chi connectivity index (χ2v) is 9.67. The quantitative estimate of drug-likeness (QED) is 0.314. The van der Waals surface area contributed by atoms with Gasteiger partial charge in [-0.3, -0.25) is 14.4 Å². The molecular weight excluding hydrogens is 493 g/mol. The number of carbonyl (C=O) groups excluding carboxylic acids is 3. The van der Waals surface area contributed by atoms with Crippen LogP contribution in [0, 0.1) is 5.82 Å². The first kappa shape index (κ1) is 26.1. The van der Waals surface area contributed by atoms with Crippen LogP contribution in [0.15, 0.2) is 91.0 Å². The molecule has 0 spiro atoms. The molecule has 0 saturated carbocycles. The zero-order chi connectivity index (χ0) is 27.4. The normalized spacial score (nSPS) is 13.0. The number of hydrogen-bond acceptors (Lipinski definition) is 3. The third-order valence-corrected chi connectivity index (χ3v) is 7.24. The van der Waals surface area contributed by atoms with E-state index < -0.39 is 11.9 Å². The highest BCUT2D eigenvalue weighted by atomic mass is 19.1. The Labute approximate surface area is 227 Å². The average Bonchev–Trinajstić information content (AvgIpc) is 3.24. The van der Waals surface area contributed by atoms with E-state index in [1.165, 1.54) is 18.0 Å². The highest BCUT2D eigenvalue weighted by molar-refractivity contribution is 6.25. The highest BCUT2D eigenvalue weighted by Crippen LogP contribution is 2.37. The molecule has 1 N–H and O–H groups in total. The summed E-state index contributed by atoms with van der Waals surface area (Å²) in [5, 5.41) is 4.60. The Bertz CT molecular complexity index is 1520. The Kier molecular flexibility index (Phi) is 7.68. The summed E-state index contributed by atoms with van der Waals surface area (Å²) in [5.74, 6) is -1.10. The Morgan fingerprint density at radius 1 is 0.923 bits per heavy atom. The molecule has 6 nitrogen and oxygen atoms in total. The van der Waals surface area contributed by atoms with Crippen molar-refractivity contribution >= 4 is 34.2 Å². The first-order valence-electron chi connectivity index (χ1n) is 13.1. The van der Waals surface area contributed by atoms with Crippen molar-refractivity contribution in [3.8, 4) is 0 Å². The van der Waals surface area contributed by atoms with Crippen LogP contribution in [0.4, 0.5) is 10.1 Å². The Morgan fingerprint density at radius 3 is 2.38 bits per heavy atom. The van der Waals surface area contributed by atoms with E-state index in [4.69, 9.17) is 0 Å². The fourth-order valence-corrected chi connectivity index (χ4v) is 5.26. The van der Waals surface area contributed by atoms with Crippen LogP contribution >= 0.6 is 0 Å². The van der Waals surface area contributed by atoms with E-state index in [1.54, 1.807) is 23.1 Å². The van der Waals surface area contributed by atoms with Crippen LogP contribution in [-0.4, -0.2) is 42.3 Å². The van der Waals surface area contributed by atoms with Crippen molar-refractivity contribution in [3.63, 3.8) is 0 Å². The van der Waals surface area contributed by atoms with Gasteiger partial charge in [0.25, 0.3) is 5.91 Å². The van der Waals surface area contributed by atoms with Crippen molar-refractivity contribution in [1.82, 2.24) is 10.2 Å². The predicted molar refractivity (Wildman–Crippen MR) is 150 cm³/mol. The fourth-order valence-electron chi connectivity index (χ4n) is 5.26. The molecule has 0 saturated heterocycles. The van der Waals surface area contributed by atoms with Crippen molar-refractivity contribution in [2.45, 2.75) is 31.8 Å². The van der Waals surface area contributed by atoms with Crippen LogP contribution in [0.3, 0.4) is 0 Å². The minimum atomic E-state index is -0.823. The number of halogens is 1. The monoisotopic (exact) mass is 523 g/mol. The lowest BCUT2D eigenvalue weighted by atomic mass is 10.0. The van der Waals surface area contributed by atoms with Crippen LogP contribution in [0.2, 0.25) is 0 Å². The third kappa shape index (κ3) is 5.39. The number of carbonyl (C=O) groups is 3. The maximum Gasteiger partial charge on any atom is 0.258 e. The molecule has 5 rings (SSSR count). The maximum atomic E-state index is 14.6. The predicted octanol–water partition coefficient (Wildman–Crippen LogP) is 5.11. The van der Waals surface area contributed by atoms with Gasteiger partial charge in [0, 0.05) is 49.5 Å². The van der Waals surface area contributed by atoms with Crippen molar-refractivity contribution in [2.24, 2.45) is 0 Å². The number of nitrogens with one attached hydrogen (secondary N) is 1. The van der Waals surface area contributed by atoms with Crippen molar-refractivity contribution in [1.29, 1.82) is 0 Å². The van der Waals surface area contributed by atoms with Crippen LogP contribution < -0.4 is 10.2 Å². The van der Waals surface area contributed by atoms with Crippen molar-refractivity contribution in [2.75, 3.05) is 18.5 Å². The Hall–Kier alpha value is -4.52. The molecule has 1 aliphatic rings. The minimum absolute atomic E-state index is 0.0379.